The first-order valence-electron chi connectivity index (χ1n) is 18.7. The zero-order chi connectivity index (χ0) is 39.7. The molecule has 3 aliphatic rings. The second kappa shape index (κ2) is 17.5. The smallest absolute Gasteiger partial charge is 0.311 e. The van der Waals surface area contributed by atoms with E-state index in [-0.39, 0.29) is 43.0 Å². The summed E-state index contributed by atoms with van der Waals surface area (Å²) in [7, 11) is 6.68. The van der Waals surface area contributed by atoms with Crippen molar-refractivity contribution in [2.45, 2.75) is 173 Å². The second-order valence-corrected chi connectivity index (χ2v) is 16.4. The SMILES string of the molecule is CCC1OC(=O)C(C)C(OC2CC(C)(OC)C(=O)C(C)O2)C(C)C(OC2OC(C)CC(N(C)C)C2O)C(C)(OC)CC(C)C(=O)C(C)C(O)C1(C)O. The van der Waals surface area contributed by atoms with E-state index < -0.39 is 95.6 Å². The first kappa shape index (κ1) is 44.8. The molecule has 3 aliphatic heterocycles. The van der Waals surface area contributed by atoms with Crippen LogP contribution in [0.2, 0.25) is 0 Å². The third-order valence-corrected chi connectivity index (χ3v) is 12.0. The minimum atomic E-state index is -1.97. The number of methoxy groups -OCH3 is 2. The van der Waals surface area contributed by atoms with Gasteiger partial charge < -0.3 is 53.4 Å². The van der Waals surface area contributed by atoms with Gasteiger partial charge in [-0.15, -0.1) is 0 Å². The Morgan fingerprint density at radius 2 is 1.50 bits per heavy atom. The molecule has 3 heterocycles. The fraction of sp³-hybridized carbons (Fsp3) is 0.921. The van der Waals surface area contributed by atoms with Crippen molar-refractivity contribution in [2.75, 3.05) is 28.3 Å². The lowest BCUT2D eigenvalue weighted by Gasteiger charge is -2.49. The van der Waals surface area contributed by atoms with Crippen LogP contribution in [0.15, 0.2) is 0 Å². The summed E-state index contributed by atoms with van der Waals surface area (Å²) in [5.74, 6) is -4.80. The minimum Gasteiger partial charge on any atom is -0.459 e. The minimum absolute atomic E-state index is 0.0269. The number of esters is 1. The molecule has 17 unspecified atom stereocenters. The van der Waals surface area contributed by atoms with Gasteiger partial charge in [0.05, 0.1) is 35.9 Å². The molecule has 0 aromatic carbocycles. The largest absolute Gasteiger partial charge is 0.459 e. The van der Waals surface area contributed by atoms with Crippen LogP contribution in [0, 0.1) is 23.7 Å². The number of carbonyl (C=O) groups is 3. The van der Waals surface area contributed by atoms with Crippen LogP contribution in [-0.4, -0.2) is 144 Å². The Labute approximate surface area is 310 Å². The lowest BCUT2D eigenvalue weighted by atomic mass is 9.74. The van der Waals surface area contributed by atoms with E-state index >= 15 is 0 Å². The molecule has 0 aromatic rings. The van der Waals surface area contributed by atoms with E-state index in [0.717, 1.165) is 0 Å². The first-order chi connectivity index (χ1) is 24.0. The number of Topliss-reactive ketones (excluding diaryl/α,β-unsaturated/α-hetero) is 2. The Kier molecular flexibility index (Phi) is 15.1. The number of nitrogens with zero attached hydrogens (tertiary/aromatic N) is 1. The molecular formula is C38H67NO13. The van der Waals surface area contributed by atoms with Gasteiger partial charge >= 0.3 is 5.97 Å². The maximum atomic E-state index is 14.2. The van der Waals surface area contributed by atoms with E-state index in [0.29, 0.717) is 6.42 Å². The van der Waals surface area contributed by atoms with Crippen LogP contribution < -0.4 is 0 Å². The quantitative estimate of drug-likeness (QED) is 0.309. The summed E-state index contributed by atoms with van der Waals surface area (Å²) in [6.07, 6.45) is -8.26. The van der Waals surface area contributed by atoms with Gasteiger partial charge in [0.1, 0.15) is 35.3 Å². The van der Waals surface area contributed by atoms with Crippen molar-refractivity contribution in [1.29, 1.82) is 0 Å². The number of aliphatic hydroxyl groups excluding tert-OH is 2. The van der Waals surface area contributed by atoms with Gasteiger partial charge in [-0.25, -0.2) is 0 Å². The standard InChI is InChI=1S/C38H67NO13/c1-15-26-38(10,45)31(42)21(4)28(40)19(2)17-37(9,47-14)33(52-35-29(41)25(39(11)12)16-20(3)48-35)22(5)30(23(6)34(44)50-26)51-27-18-36(8,46-13)32(43)24(7)49-27/h19-27,29-31,33,35,41-42,45H,15-18H2,1-14H3. The monoisotopic (exact) mass is 745 g/mol. The normalized spacial score (nSPS) is 47.6. The van der Waals surface area contributed by atoms with E-state index in [4.69, 9.17) is 33.2 Å². The zero-order valence-electron chi connectivity index (χ0n) is 33.8. The predicted octanol–water partition coefficient (Wildman–Crippen LogP) is 2.65. The number of ketones is 2. The summed E-state index contributed by atoms with van der Waals surface area (Å²) in [6, 6.07) is -0.291. The van der Waals surface area contributed by atoms with Crippen LogP contribution in [-0.2, 0) is 47.5 Å². The van der Waals surface area contributed by atoms with Gasteiger partial charge in [-0.3, -0.25) is 14.4 Å². The Hall–Kier alpha value is -1.59. The molecule has 0 amide bonds. The number of likely N-dealkylation sites (N-methyl/N-ethyl adjacent to an activating group) is 1. The van der Waals surface area contributed by atoms with Gasteiger partial charge in [0.2, 0.25) is 0 Å². The van der Waals surface area contributed by atoms with Crippen molar-refractivity contribution in [1.82, 2.24) is 4.90 Å². The van der Waals surface area contributed by atoms with Gasteiger partial charge in [0.15, 0.2) is 18.4 Å². The van der Waals surface area contributed by atoms with Crippen LogP contribution in [0.4, 0.5) is 0 Å². The zero-order valence-corrected chi connectivity index (χ0v) is 33.8. The summed E-state index contributed by atoms with van der Waals surface area (Å²) in [5.41, 5.74) is -4.46. The molecule has 14 heteroatoms. The van der Waals surface area contributed by atoms with Crippen molar-refractivity contribution in [3.05, 3.63) is 0 Å². The topological polar surface area (TPSA) is 180 Å². The lowest BCUT2D eigenvalue weighted by molar-refractivity contribution is -0.309. The van der Waals surface area contributed by atoms with Crippen LogP contribution in [0.5, 0.6) is 0 Å². The second-order valence-electron chi connectivity index (χ2n) is 16.4. The van der Waals surface area contributed by atoms with Gasteiger partial charge in [-0.2, -0.15) is 0 Å². The fourth-order valence-corrected chi connectivity index (χ4v) is 8.44. The van der Waals surface area contributed by atoms with Crippen LogP contribution in [0.1, 0.15) is 94.9 Å². The molecule has 17 atom stereocenters. The molecule has 0 aliphatic carbocycles. The number of carbonyl (C=O) groups excluding carboxylic acids is 3. The third-order valence-electron chi connectivity index (χ3n) is 12.0. The van der Waals surface area contributed by atoms with Crippen LogP contribution in [0.3, 0.4) is 0 Å². The van der Waals surface area contributed by atoms with E-state index in [1.807, 2.05) is 32.8 Å². The van der Waals surface area contributed by atoms with Gasteiger partial charge in [-0.05, 0) is 74.9 Å². The van der Waals surface area contributed by atoms with E-state index in [2.05, 4.69) is 0 Å². The van der Waals surface area contributed by atoms with Crippen molar-refractivity contribution >= 4 is 17.5 Å². The Morgan fingerprint density at radius 3 is 2.04 bits per heavy atom. The highest BCUT2D eigenvalue weighted by Crippen LogP contribution is 2.41. The van der Waals surface area contributed by atoms with Crippen molar-refractivity contribution < 1.29 is 62.9 Å². The van der Waals surface area contributed by atoms with Crippen molar-refractivity contribution in [3.63, 3.8) is 0 Å². The highest BCUT2D eigenvalue weighted by molar-refractivity contribution is 5.91. The van der Waals surface area contributed by atoms with E-state index in [9.17, 15) is 29.7 Å². The number of rotatable bonds is 8. The number of aliphatic hydroxyl groups is 3. The average molecular weight is 746 g/mol. The average Bonchev–Trinajstić information content (AvgIpc) is 3.09. The fourth-order valence-electron chi connectivity index (χ4n) is 8.44. The molecule has 3 N–H and O–H groups in total. The van der Waals surface area contributed by atoms with E-state index in [1.165, 1.54) is 21.1 Å². The molecule has 302 valence electrons. The van der Waals surface area contributed by atoms with Crippen LogP contribution >= 0.6 is 0 Å². The molecule has 0 radical (unpaired) electrons. The Bertz CT molecular complexity index is 1230. The van der Waals surface area contributed by atoms with Crippen LogP contribution in [0.25, 0.3) is 0 Å². The van der Waals surface area contributed by atoms with E-state index in [1.54, 1.807) is 48.5 Å². The Morgan fingerprint density at radius 1 is 0.885 bits per heavy atom. The predicted molar refractivity (Wildman–Crippen MR) is 190 cm³/mol. The molecular weight excluding hydrogens is 678 g/mol. The van der Waals surface area contributed by atoms with Gasteiger partial charge in [0.25, 0.3) is 0 Å². The molecule has 0 aromatic heterocycles. The Balaban J connectivity index is 2.23. The number of ether oxygens (including phenoxy) is 7. The maximum absolute atomic E-state index is 14.2. The molecule has 14 nitrogen and oxygen atoms in total. The molecule has 0 saturated carbocycles. The molecule has 3 rings (SSSR count). The van der Waals surface area contributed by atoms with Gasteiger partial charge in [0, 0.05) is 44.4 Å². The summed E-state index contributed by atoms with van der Waals surface area (Å²) in [4.78, 5) is 43.1. The summed E-state index contributed by atoms with van der Waals surface area (Å²) >= 11 is 0. The summed E-state index contributed by atoms with van der Waals surface area (Å²) in [6.45, 7) is 16.8. The van der Waals surface area contributed by atoms with Gasteiger partial charge in [-0.1, -0.05) is 27.7 Å². The lowest BCUT2D eigenvalue weighted by Crippen LogP contribution is -2.61. The first-order valence-corrected chi connectivity index (χ1v) is 18.7. The summed E-state index contributed by atoms with van der Waals surface area (Å²) < 4.78 is 43.6. The van der Waals surface area contributed by atoms with Crippen molar-refractivity contribution in [3.8, 4) is 0 Å². The third kappa shape index (κ3) is 9.26. The highest BCUT2D eigenvalue weighted by Gasteiger charge is 2.54. The summed E-state index contributed by atoms with van der Waals surface area (Å²) in [5, 5.41) is 34.6. The number of cyclic esters (lactones) is 1. The number of hydrogen-bond donors (Lipinski definition) is 3. The molecule has 3 fully saturated rings. The molecule has 0 bridgehead atoms. The maximum Gasteiger partial charge on any atom is 0.311 e. The highest BCUT2D eigenvalue weighted by atomic mass is 16.7. The number of hydrogen-bond acceptors (Lipinski definition) is 14. The molecule has 0 spiro atoms. The molecule has 3 saturated heterocycles. The molecule has 52 heavy (non-hydrogen) atoms. The van der Waals surface area contributed by atoms with Crippen molar-refractivity contribution in [2.24, 2.45) is 23.7 Å².